The van der Waals surface area contributed by atoms with Gasteiger partial charge in [-0.25, -0.2) is 4.79 Å². The predicted octanol–water partition coefficient (Wildman–Crippen LogP) is 4.59. The first-order valence-corrected chi connectivity index (χ1v) is 8.35. The summed E-state index contributed by atoms with van der Waals surface area (Å²) in [4.78, 5) is 13.8. The van der Waals surface area contributed by atoms with Crippen LogP contribution in [0.4, 0.5) is 23.7 Å². The molecule has 1 aromatic carbocycles. The average molecular weight is 358 g/mol. The highest BCUT2D eigenvalue weighted by Gasteiger charge is 2.32. The van der Waals surface area contributed by atoms with Crippen molar-refractivity contribution in [1.82, 2.24) is 5.32 Å². The summed E-state index contributed by atoms with van der Waals surface area (Å²) in [6.07, 6.45) is -2.35. The minimum Gasteiger partial charge on any atom is -0.444 e. The van der Waals surface area contributed by atoms with Crippen LogP contribution in [0.3, 0.4) is 0 Å². The number of benzene rings is 1. The smallest absolute Gasteiger partial charge is 0.416 e. The van der Waals surface area contributed by atoms with Crippen molar-refractivity contribution in [1.29, 1.82) is 0 Å². The molecule has 2 rings (SSSR count). The van der Waals surface area contributed by atoms with Gasteiger partial charge in [0.05, 0.1) is 5.56 Å². The monoisotopic (exact) mass is 358 g/mol. The second-order valence-corrected chi connectivity index (χ2v) is 7.47. The van der Waals surface area contributed by atoms with E-state index in [9.17, 15) is 18.0 Å². The van der Waals surface area contributed by atoms with Crippen LogP contribution in [0.25, 0.3) is 0 Å². The molecule has 1 saturated carbocycles. The Kier molecular flexibility index (Phi) is 5.54. The number of anilines is 1. The molecule has 0 spiro atoms. The molecule has 1 N–H and O–H groups in total. The topological polar surface area (TPSA) is 41.6 Å². The zero-order valence-electron chi connectivity index (χ0n) is 15.0. The van der Waals surface area contributed by atoms with Crippen LogP contribution in [0.2, 0.25) is 0 Å². The first-order valence-electron chi connectivity index (χ1n) is 8.35. The van der Waals surface area contributed by atoms with E-state index in [4.69, 9.17) is 4.74 Å². The largest absolute Gasteiger partial charge is 0.444 e. The van der Waals surface area contributed by atoms with Crippen LogP contribution in [0.1, 0.15) is 45.6 Å². The van der Waals surface area contributed by atoms with Crippen molar-refractivity contribution in [3.8, 4) is 0 Å². The van der Waals surface area contributed by atoms with E-state index in [-0.39, 0.29) is 12.1 Å². The number of alkyl halides is 3. The maximum Gasteiger partial charge on any atom is 0.416 e. The van der Waals surface area contributed by atoms with Gasteiger partial charge < -0.3 is 15.0 Å². The van der Waals surface area contributed by atoms with Crippen LogP contribution in [0, 0.1) is 0 Å². The Labute approximate surface area is 146 Å². The summed E-state index contributed by atoms with van der Waals surface area (Å²) in [7, 11) is 1.86. The Morgan fingerprint density at radius 3 is 2.28 bits per heavy atom. The number of hydrogen-bond acceptors (Lipinski definition) is 3. The van der Waals surface area contributed by atoms with Gasteiger partial charge in [0.2, 0.25) is 0 Å². The van der Waals surface area contributed by atoms with Gasteiger partial charge >= 0.3 is 12.3 Å². The molecule has 2 atom stereocenters. The lowest BCUT2D eigenvalue weighted by Gasteiger charge is -2.27. The third kappa shape index (κ3) is 5.54. The van der Waals surface area contributed by atoms with Gasteiger partial charge in [0.15, 0.2) is 0 Å². The van der Waals surface area contributed by atoms with Gasteiger partial charge in [-0.15, -0.1) is 0 Å². The number of amides is 1. The van der Waals surface area contributed by atoms with Crippen molar-refractivity contribution >= 4 is 11.8 Å². The minimum atomic E-state index is -4.33. The molecular formula is C18H25F3N2O2. The van der Waals surface area contributed by atoms with Crippen LogP contribution in [0.15, 0.2) is 24.3 Å². The maximum absolute atomic E-state index is 12.6. The van der Waals surface area contributed by atoms with Crippen LogP contribution in [-0.2, 0) is 10.9 Å². The third-order valence-electron chi connectivity index (χ3n) is 4.28. The number of nitrogens with zero attached hydrogens (tertiary/aromatic N) is 1. The Bertz CT molecular complexity index is 594. The fourth-order valence-electron chi connectivity index (χ4n) is 3.01. The number of carbonyl (C=O) groups excluding carboxylic acids is 1. The Hall–Kier alpha value is -1.92. The SMILES string of the molecule is CN(c1ccc(C(F)(F)F)cc1)[C@@H]1CC[C@@H](NC(=O)OC(C)(C)C)C1. The highest BCUT2D eigenvalue weighted by molar-refractivity contribution is 5.68. The Balaban J connectivity index is 1.91. The summed E-state index contributed by atoms with van der Waals surface area (Å²) in [5, 5.41) is 2.86. The lowest BCUT2D eigenvalue weighted by atomic mass is 10.1. The molecule has 1 amide bonds. The van der Waals surface area contributed by atoms with Gasteiger partial charge in [0.1, 0.15) is 5.60 Å². The molecule has 0 aliphatic heterocycles. The van der Waals surface area contributed by atoms with Crippen LogP contribution >= 0.6 is 0 Å². The van der Waals surface area contributed by atoms with Crippen LogP contribution < -0.4 is 10.2 Å². The maximum atomic E-state index is 12.6. The molecule has 1 fully saturated rings. The Morgan fingerprint density at radius 1 is 1.16 bits per heavy atom. The molecule has 0 heterocycles. The minimum absolute atomic E-state index is 0.0109. The Morgan fingerprint density at radius 2 is 1.76 bits per heavy atom. The van der Waals surface area contributed by atoms with E-state index in [1.807, 2.05) is 32.7 Å². The lowest BCUT2D eigenvalue weighted by molar-refractivity contribution is -0.137. The molecule has 1 aromatic rings. The number of nitrogens with one attached hydrogen (secondary N) is 1. The number of alkyl carbamates (subject to hydrolysis) is 1. The van der Waals surface area contributed by atoms with Gasteiger partial charge in [-0.05, 0) is 64.3 Å². The van der Waals surface area contributed by atoms with Crippen molar-refractivity contribution in [3.05, 3.63) is 29.8 Å². The van der Waals surface area contributed by atoms with Crippen molar-refractivity contribution < 1.29 is 22.7 Å². The first-order chi connectivity index (χ1) is 11.5. The van der Waals surface area contributed by atoms with Crippen molar-refractivity contribution in [2.75, 3.05) is 11.9 Å². The van der Waals surface area contributed by atoms with E-state index >= 15 is 0 Å². The first kappa shape index (κ1) is 19.4. The fraction of sp³-hybridized carbons (Fsp3) is 0.611. The molecule has 1 aliphatic rings. The highest BCUT2D eigenvalue weighted by Crippen LogP contribution is 2.32. The molecule has 140 valence electrons. The molecule has 4 nitrogen and oxygen atoms in total. The molecule has 0 aromatic heterocycles. The normalized spacial score (nSPS) is 21.1. The van der Waals surface area contributed by atoms with E-state index in [0.717, 1.165) is 37.1 Å². The van der Waals surface area contributed by atoms with Gasteiger partial charge in [-0.2, -0.15) is 13.2 Å². The van der Waals surface area contributed by atoms with E-state index < -0.39 is 23.4 Å². The highest BCUT2D eigenvalue weighted by atomic mass is 19.4. The molecule has 25 heavy (non-hydrogen) atoms. The predicted molar refractivity (Wildman–Crippen MR) is 90.6 cm³/mol. The van der Waals surface area contributed by atoms with E-state index in [0.29, 0.717) is 0 Å². The molecule has 0 saturated heterocycles. The van der Waals surface area contributed by atoms with Crippen molar-refractivity contribution in [3.63, 3.8) is 0 Å². The number of ether oxygens (including phenoxy) is 1. The summed E-state index contributed by atoms with van der Waals surface area (Å²) in [5.41, 5.74) is -0.462. The lowest BCUT2D eigenvalue weighted by Crippen LogP contribution is -2.39. The standard InChI is InChI=1S/C18H25F3N2O2/c1-17(2,3)25-16(24)22-13-7-10-15(11-13)23(4)14-8-5-12(6-9-14)18(19,20)21/h5-6,8-9,13,15H,7,10-11H2,1-4H3,(H,22,24)/t13-,15-/m1/s1. The van der Waals surface area contributed by atoms with E-state index in [2.05, 4.69) is 5.32 Å². The zero-order valence-corrected chi connectivity index (χ0v) is 15.0. The van der Waals surface area contributed by atoms with E-state index in [1.54, 1.807) is 0 Å². The number of rotatable bonds is 3. The molecule has 0 unspecified atom stereocenters. The van der Waals surface area contributed by atoms with Gasteiger partial charge in [-0.1, -0.05) is 0 Å². The number of carbonyl (C=O) groups is 1. The summed E-state index contributed by atoms with van der Waals surface area (Å²) < 4.78 is 43.2. The van der Waals surface area contributed by atoms with E-state index in [1.165, 1.54) is 12.1 Å². The van der Waals surface area contributed by atoms with Crippen LogP contribution in [0.5, 0.6) is 0 Å². The molecule has 0 radical (unpaired) electrons. The van der Waals surface area contributed by atoms with Crippen molar-refractivity contribution in [2.45, 2.75) is 63.9 Å². The quantitative estimate of drug-likeness (QED) is 0.859. The number of halogens is 3. The van der Waals surface area contributed by atoms with Crippen molar-refractivity contribution in [2.24, 2.45) is 0 Å². The molecule has 0 bridgehead atoms. The average Bonchev–Trinajstić information content (AvgIpc) is 2.92. The van der Waals surface area contributed by atoms with Gasteiger partial charge in [-0.3, -0.25) is 0 Å². The van der Waals surface area contributed by atoms with Gasteiger partial charge in [0.25, 0.3) is 0 Å². The summed E-state index contributed by atoms with van der Waals surface area (Å²) >= 11 is 0. The van der Waals surface area contributed by atoms with Crippen LogP contribution in [-0.4, -0.2) is 30.8 Å². The second-order valence-electron chi connectivity index (χ2n) is 7.47. The third-order valence-corrected chi connectivity index (χ3v) is 4.28. The summed E-state index contributed by atoms with van der Waals surface area (Å²) in [6, 6.07) is 5.33. The second kappa shape index (κ2) is 7.14. The zero-order chi connectivity index (χ0) is 18.8. The summed E-state index contributed by atoms with van der Waals surface area (Å²) in [5.74, 6) is 0. The molecule has 7 heteroatoms. The molecular weight excluding hydrogens is 333 g/mol. The van der Waals surface area contributed by atoms with Gasteiger partial charge in [0, 0.05) is 24.8 Å². The fourth-order valence-corrected chi connectivity index (χ4v) is 3.01. The number of hydrogen-bond donors (Lipinski definition) is 1. The molecule has 1 aliphatic carbocycles. The summed E-state index contributed by atoms with van der Waals surface area (Å²) in [6.45, 7) is 5.42.